The fraction of sp³-hybridized carbons (Fsp3) is 0.889. The molecule has 66 valence electrons. The summed E-state index contributed by atoms with van der Waals surface area (Å²) < 4.78 is 5.42. The zero-order valence-electron chi connectivity index (χ0n) is 7.03. The first kappa shape index (κ1) is 7.96. The Balaban J connectivity index is 2.13. The number of nitrogens with zero attached hydrogens (tertiary/aromatic N) is 1. The predicted molar refractivity (Wildman–Crippen MR) is 43.6 cm³/mol. The second kappa shape index (κ2) is 3.38. The molecule has 1 saturated carbocycles. The van der Waals surface area contributed by atoms with Gasteiger partial charge < -0.3 is 4.74 Å². The molecule has 12 heavy (non-hydrogen) atoms. The van der Waals surface area contributed by atoms with E-state index in [1.165, 1.54) is 6.42 Å². The van der Waals surface area contributed by atoms with Crippen LogP contribution in [0.1, 0.15) is 19.3 Å². The molecule has 1 saturated heterocycles. The minimum Gasteiger partial charge on any atom is -0.381 e. The topological polar surface area (TPSA) is 38.7 Å². The molecule has 2 unspecified atom stereocenters. The predicted octanol–water partition coefficient (Wildman–Crippen LogP) is 1.14. The molecule has 0 aromatic rings. The van der Waals surface area contributed by atoms with Gasteiger partial charge in [-0.15, -0.1) is 0 Å². The standard InChI is InChI=1S/C9H13NO2/c11-6-10-9-7-2-1-3-8(9)5-12-4-7/h7-9H,1-5H2. The normalized spacial score (nSPS) is 40.2. The molecule has 2 fully saturated rings. The summed E-state index contributed by atoms with van der Waals surface area (Å²) in [6, 6.07) is 0.213. The summed E-state index contributed by atoms with van der Waals surface area (Å²) in [5, 5.41) is 0. The molecule has 1 aliphatic carbocycles. The van der Waals surface area contributed by atoms with E-state index in [0.717, 1.165) is 26.1 Å². The highest BCUT2D eigenvalue weighted by atomic mass is 16.5. The van der Waals surface area contributed by atoms with Crippen molar-refractivity contribution >= 4 is 6.08 Å². The van der Waals surface area contributed by atoms with E-state index in [2.05, 4.69) is 4.99 Å². The van der Waals surface area contributed by atoms with Gasteiger partial charge in [-0.2, -0.15) is 0 Å². The SMILES string of the molecule is O=C=NC1C2CCCC1COC2. The highest BCUT2D eigenvalue weighted by molar-refractivity contribution is 5.34. The number of isocyanates is 1. The van der Waals surface area contributed by atoms with Gasteiger partial charge in [0, 0.05) is 11.8 Å². The summed E-state index contributed by atoms with van der Waals surface area (Å²) in [5.41, 5.74) is 0. The zero-order valence-corrected chi connectivity index (χ0v) is 7.03. The molecule has 0 aromatic heterocycles. The van der Waals surface area contributed by atoms with E-state index in [9.17, 15) is 4.79 Å². The van der Waals surface area contributed by atoms with Crippen LogP contribution in [0.2, 0.25) is 0 Å². The molecule has 2 atom stereocenters. The van der Waals surface area contributed by atoms with Crippen molar-refractivity contribution < 1.29 is 9.53 Å². The van der Waals surface area contributed by atoms with Crippen molar-refractivity contribution in [2.24, 2.45) is 16.8 Å². The van der Waals surface area contributed by atoms with E-state index in [1.807, 2.05) is 0 Å². The fourth-order valence-electron chi connectivity index (χ4n) is 2.37. The van der Waals surface area contributed by atoms with Crippen molar-refractivity contribution in [1.82, 2.24) is 0 Å². The van der Waals surface area contributed by atoms with Gasteiger partial charge in [0.1, 0.15) is 0 Å². The molecule has 3 heteroatoms. The van der Waals surface area contributed by atoms with Crippen LogP contribution in [0.25, 0.3) is 0 Å². The molecule has 0 amide bonds. The second-order valence-electron chi connectivity index (χ2n) is 3.70. The third kappa shape index (κ3) is 1.30. The maximum atomic E-state index is 10.2. The van der Waals surface area contributed by atoms with Crippen molar-refractivity contribution in [3.8, 4) is 0 Å². The van der Waals surface area contributed by atoms with E-state index >= 15 is 0 Å². The van der Waals surface area contributed by atoms with Gasteiger partial charge in [0.05, 0.1) is 19.3 Å². The van der Waals surface area contributed by atoms with Gasteiger partial charge >= 0.3 is 0 Å². The van der Waals surface area contributed by atoms with Crippen LogP contribution in [0, 0.1) is 11.8 Å². The lowest BCUT2D eigenvalue weighted by molar-refractivity contribution is -0.0241. The van der Waals surface area contributed by atoms with Gasteiger partial charge in [-0.1, -0.05) is 6.42 Å². The Labute approximate surface area is 71.8 Å². The molecule has 0 N–H and O–H groups in total. The summed E-state index contributed by atoms with van der Waals surface area (Å²) in [4.78, 5) is 14.1. The molecule has 0 aromatic carbocycles. The van der Waals surface area contributed by atoms with Crippen LogP contribution in [0.3, 0.4) is 0 Å². The summed E-state index contributed by atoms with van der Waals surface area (Å²) in [6.07, 6.45) is 5.27. The maximum absolute atomic E-state index is 10.2. The van der Waals surface area contributed by atoms with Crippen molar-refractivity contribution in [2.45, 2.75) is 25.3 Å². The molecular weight excluding hydrogens is 154 g/mol. The first-order chi connectivity index (χ1) is 5.92. The molecule has 0 spiro atoms. The summed E-state index contributed by atoms with van der Waals surface area (Å²) in [5.74, 6) is 0.970. The summed E-state index contributed by atoms with van der Waals surface area (Å²) in [6.45, 7) is 1.57. The van der Waals surface area contributed by atoms with Crippen LogP contribution in [0.4, 0.5) is 0 Å². The van der Waals surface area contributed by atoms with Crippen LogP contribution < -0.4 is 0 Å². The van der Waals surface area contributed by atoms with E-state index in [1.54, 1.807) is 6.08 Å². The first-order valence-electron chi connectivity index (χ1n) is 4.56. The second-order valence-corrected chi connectivity index (χ2v) is 3.70. The van der Waals surface area contributed by atoms with Crippen LogP contribution in [0.5, 0.6) is 0 Å². The Morgan fingerprint density at radius 2 is 1.92 bits per heavy atom. The van der Waals surface area contributed by atoms with Crippen molar-refractivity contribution in [3.63, 3.8) is 0 Å². The lowest BCUT2D eigenvalue weighted by Crippen LogP contribution is -2.42. The first-order valence-corrected chi connectivity index (χ1v) is 4.56. The van der Waals surface area contributed by atoms with Gasteiger partial charge in [-0.3, -0.25) is 0 Å². The molecule has 2 aliphatic rings. The molecule has 2 rings (SSSR count). The van der Waals surface area contributed by atoms with Crippen LogP contribution >= 0.6 is 0 Å². The third-order valence-electron chi connectivity index (χ3n) is 2.98. The van der Waals surface area contributed by atoms with Gasteiger partial charge in [0.2, 0.25) is 6.08 Å². The van der Waals surface area contributed by atoms with Crippen molar-refractivity contribution in [3.05, 3.63) is 0 Å². The Morgan fingerprint density at radius 3 is 2.50 bits per heavy atom. The number of fused-ring (bicyclic) bond motifs is 2. The van der Waals surface area contributed by atoms with Crippen molar-refractivity contribution in [1.29, 1.82) is 0 Å². The van der Waals surface area contributed by atoms with E-state index in [-0.39, 0.29) is 6.04 Å². The van der Waals surface area contributed by atoms with E-state index < -0.39 is 0 Å². The monoisotopic (exact) mass is 167 g/mol. The van der Waals surface area contributed by atoms with Crippen LogP contribution in [-0.2, 0) is 9.53 Å². The molecule has 1 aliphatic heterocycles. The molecule has 2 bridgehead atoms. The number of aliphatic imine (C=N–C) groups is 1. The number of rotatable bonds is 1. The third-order valence-corrected chi connectivity index (χ3v) is 2.98. The Hall–Kier alpha value is -0.660. The average Bonchev–Trinajstić information content (AvgIpc) is 2.04. The van der Waals surface area contributed by atoms with E-state index in [4.69, 9.17) is 4.74 Å². The molecule has 0 radical (unpaired) electrons. The van der Waals surface area contributed by atoms with E-state index in [0.29, 0.717) is 11.8 Å². The summed E-state index contributed by atoms with van der Waals surface area (Å²) >= 11 is 0. The van der Waals surface area contributed by atoms with Gasteiger partial charge in [0.25, 0.3) is 0 Å². The smallest absolute Gasteiger partial charge is 0.235 e. The quantitative estimate of drug-likeness (QED) is 0.434. The number of carbonyl (C=O) groups excluding carboxylic acids is 1. The number of hydrogen-bond donors (Lipinski definition) is 0. The maximum Gasteiger partial charge on any atom is 0.235 e. The average molecular weight is 167 g/mol. The molecule has 3 nitrogen and oxygen atoms in total. The zero-order chi connectivity index (χ0) is 8.39. The molecular formula is C9H13NO2. The number of hydrogen-bond acceptors (Lipinski definition) is 3. The van der Waals surface area contributed by atoms with Crippen LogP contribution in [-0.4, -0.2) is 25.3 Å². The number of ether oxygens (including phenoxy) is 1. The summed E-state index contributed by atoms with van der Waals surface area (Å²) in [7, 11) is 0. The molecule has 1 heterocycles. The van der Waals surface area contributed by atoms with Gasteiger partial charge in [0.15, 0.2) is 0 Å². The Morgan fingerprint density at radius 1 is 1.25 bits per heavy atom. The Kier molecular flexibility index (Phi) is 2.24. The minimum atomic E-state index is 0.213. The highest BCUT2D eigenvalue weighted by Crippen LogP contribution is 2.35. The largest absolute Gasteiger partial charge is 0.381 e. The van der Waals surface area contributed by atoms with Crippen molar-refractivity contribution in [2.75, 3.05) is 13.2 Å². The lowest BCUT2D eigenvalue weighted by Gasteiger charge is -2.39. The Bertz CT molecular complexity index is 189. The highest BCUT2D eigenvalue weighted by Gasteiger charge is 2.36. The van der Waals surface area contributed by atoms with Gasteiger partial charge in [-0.05, 0) is 12.8 Å². The minimum absolute atomic E-state index is 0.213. The van der Waals surface area contributed by atoms with Gasteiger partial charge in [-0.25, -0.2) is 9.79 Å². The fourth-order valence-corrected chi connectivity index (χ4v) is 2.37. The lowest BCUT2D eigenvalue weighted by atomic mass is 9.76. The van der Waals surface area contributed by atoms with Crippen LogP contribution in [0.15, 0.2) is 4.99 Å².